The van der Waals surface area contributed by atoms with Crippen LogP contribution in [0.1, 0.15) is 27.2 Å². The molecule has 6 nitrogen and oxygen atoms in total. The van der Waals surface area contributed by atoms with E-state index in [4.69, 9.17) is 14.2 Å². The van der Waals surface area contributed by atoms with Gasteiger partial charge in [-0.2, -0.15) is 0 Å². The fourth-order valence-corrected chi connectivity index (χ4v) is 2.07. The van der Waals surface area contributed by atoms with Crippen LogP contribution in [-0.4, -0.2) is 48.7 Å². The zero-order chi connectivity index (χ0) is 14.7. The van der Waals surface area contributed by atoms with E-state index in [-0.39, 0.29) is 32.0 Å². The predicted octanol–water partition coefficient (Wildman–Crippen LogP) is 1.17. The average molecular weight is 292 g/mol. The Morgan fingerprint density at radius 1 is 0.895 bits per heavy atom. The molecule has 0 aliphatic heterocycles. The molecule has 0 aliphatic carbocycles. The van der Waals surface area contributed by atoms with Crippen molar-refractivity contribution < 1.29 is 28.6 Å². The van der Waals surface area contributed by atoms with Crippen LogP contribution in [0.15, 0.2) is 0 Å². The first kappa shape index (κ1) is 17.8. The summed E-state index contributed by atoms with van der Waals surface area (Å²) < 4.78 is 14.4. The quantitative estimate of drug-likeness (QED) is 0.466. The molecular formula is C12H20O6S. The molecule has 0 spiro atoms. The molecule has 19 heavy (non-hydrogen) atoms. The minimum Gasteiger partial charge on any atom is -0.466 e. The van der Waals surface area contributed by atoms with Gasteiger partial charge in [0, 0.05) is 0 Å². The van der Waals surface area contributed by atoms with Gasteiger partial charge in [-0.15, -0.1) is 11.8 Å². The second-order valence-electron chi connectivity index (χ2n) is 3.37. The molecule has 0 aromatic rings. The van der Waals surface area contributed by atoms with Gasteiger partial charge in [-0.05, 0) is 20.8 Å². The number of carbonyl (C=O) groups is 3. The summed E-state index contributed by atoms with van der Waals surface area (Å²) in [5, 5.41) is -0.747. The van der Waals surface area contributed by atoms with Crippen molar-refractivity contribution in [1.29, 1.82) is 0 Å². The summed E-state index contributed by atoms with van der Waals surface area (Å²) >= 11 is 1.02. The minimum atomic E-state index is -0.747. The zero-order valence-electron chi connectivity index (χ0n) is 11.5. The number of ether oxygens (including phenoxy) is 3. The van der Waals surface area contributed by atoms with Gasteiger partial charge in [0.25, 0.3) is 0 Å². The van der Waals surface area contributed by atoms with Gasteiger partial charge in [0.15, 0.2) is 0 Å². The Bertz CT molecular complexity index is 305. The zero-order valence-corrected chi connectivity index (χ0v) is 12.3. The molecule has 1 unspecified atom stereocenters. The number of esters is 3. The van der Waals surface area contributed by atoms with E-state index in [0.717, 1.165) is 11.8 Å². The van der Waals surface area contributed by atoms with E-state index in [1.165, 1.54) is 0 Å². The number of thioether (sulfide) groups is 1. The number of rotatable bonds is 9. The van der Waals surface area contributed by atoms with Crippen molar-refractivity contribution in [2.75, 3.05) is 25.6 Å². The highest BCUT2D eigenvalue weighted by Crippen LogP contribution is 2.17. The summed E-state index contributed by atoms with van der Waals surface area (Å²) in [4.78, 5) is 34.3. The van der Waals surface area contributed by atoms with Crippen LogP contribution < -0.4 is 0 Å². The topological polar surface area (TPSA) is 78.9 Å². The smallest absolute Gasteiger partial charge is 0.319 e. The average Bonchev–Trinajstić information content (AvgIpc) is 2.35. The van der Waals surface area contributed by atoms with E-state index >= 15 is 0 Å². The molecule has 1 atom stereocenters. The molecule has 0 rings (SSSR count). The fraction of sp³-hybridized carbons (Fsp3) is 0.750. The van der Waals surface area contributed by atoms with Gasteiger partial charge in [0.1, 0.15) is 5.25 Å². The third-order valence-corrected chi connectivity index (χ3v) is 3.08. The first-order valence-electron chi connectivity index (χ1n) is 6.14. The van der Waals surface area contributed by atoms with Crippen molar-refractivity contribution >= 4 is 29.7 Å². The van der Waals surface area contributed by atoms with E-state index in [9.17, 15) is 14.4 Å². The molecule has 0 saturated carbocycles. The third kappa shape index (κ3) is 8.47. The predicted molar refractivity (Wildman–Crippen MR) is 70.8 cm³/mol. The molecule has 0 aromatic carbocycles. The number of hydrogen-bond acceptors (Lipinski definition) is 7. The van der Waals surface area contributed by atoms with Gasteiger partial charge >= 0.3 is 17.9 Å². The van der Waals surface area contributed by atoms with Gasteiger partial charge in [-0.3, -0.25) is 14.4 Å². The molecule has 0 heterocycles. The SMILES string of the molecule is CCOC(=O)CSC(CC(=O)OCC)C(=O)OCC. The first-order valence-corrected chi connectivity index (χ1v) is 7.19. The lowest BCUT2D eigenvalue weighted by Crippen LogP contribution is -2.26. The highest BCUT2D eigenvalue weighted by atomic mass is 32.2. The number of carbonyl (C=O) groups excluding carboxylic acids is 3. The summed E-state index contributed by atoms with van der Waals surface area (Å²) in [6.45, 7) is 5.80. The van der Waals surface area contributed by atoms with E-state index in [1.807, 2.05) is 0 Å². The molecule has 0 N–H and O–H groups in total. The molecule has 0 aromatic heterocycles. The highest BCUT2D eigenvalue weighted by Gasteiger charge is 2.25. The number of hydrogen-bond donors (Lipinski definition) is 0. The fourth-order valence-electron chi connectivity index (χ4n) is 1.19. The maximum Gasteiger partial charge on any atom is 0.319 e. The molecule has 0 amide bonds. The van der Waals surface area contributed by atoms with Gasteiger partial charge in [-0.25, -0.2) is 0 Å². The largest absolute Gasteiger partial charge is 0.466 e. The summed E-state index contributed by atoms with van der Waals surface area (Å²) in [7, 11) is 0. The van der Waals surface area contributed by atoms with Crippen LogP contribution >= 0.6 is 11.8 Å². The first-order chi connectivity index (χ1) is 9.04. The Labute approximate surface area is 117 Å². The molecule has 0 aliphatic rings. The summed E-state index contributed by atoms with van der Waals surface area (Å²) in [5.41, 5.74) is 0. The van der Waals surface area contributed by atoms with Crippen molar-refractivity contribution in [3.05, 3.63) is 0 Å². The monoisotopic (exact) mass is 292 g/mol. The normalized spacial score (nSPS) is 11.5. The van der Waals surface area contributed by atoms with Crippen molar-refractivity contribution in [3.63, 3.8) is 0 Å². The Kier molecular flexibility index (Phi) is 9.97. The molecule has 7 heteroatoms. The Morgan fingerprint density at radius 3 is 1.95 bits per heavy atom. The molecule has 0 fully saturated rings. The highest BCUT2D eigenvalue weighted by molar-refractivity contribution is 8.01. The van der Waals surface area contributed by atoms with Crippen LogP contribution in [0.2, 0.25) is 0 Å². The standard InChI is InChI=1S/C12H20O6S/c1-4-16-10(13)7-9(12(15)18-6-3)19-8-11(14)17-5-2/h9H,4-8H2,1-3H3. The molecule has 0 saturated heterocycles. The Hall–Kier alpha value is -1.24. The van der Waals surface area contributed by atoms with Crippen LogP contribution in [0.5, 0.6) is 0 Å². The van der Waals surface area contributed by atoms with Crippen LogP contribution in [0.3, 0.4) is 0 Å². The molecular weight excluding hydrogens is 272 g/mol. The van der Waals surface area contributed by atoms with Crippen LogP contribution in [0.4, 0.5) is 0 Å². The van der Waals surface area contributed by atoms with Crippen LogP contribution in [0.25, 0.3) is 0 Å². The lowest BCUT2D eigenvalue weighted by molar-refractivity contribution is -0.149. The van der Waals surface area contributed by atoms with Crippen LogP contribution in [-0.2, 0) is 28.6 Å². The molecule has 110 valence electrons. The second kappa shape index (κ2) is 10.7. The van der Waals surface area contributed by atoms with Gasteiger partial charge in [-0.1, -0.05) is 0 Å². The lowest BCUT2D eigenvalue weighted by atomic mass is 10.3. The minimum absolute atomic E-state index is 0.00325. The van der Waals surface area contributed by atoms with E-state index in [2.05, 4.69) is 0 Å². The third-order valence-electron chi connectivity index (χ3n) is 1.91. The van der Waals surface area contributed by atoms with E-state index in [0.29, 0.717) is 0 Å². The van der Waals surface area contributed by atoms with Crippen molar-refractivity contribution in [2.24, 2.45) is 0 Å². The second-order valence-corrected chi connectivity index (χ2v) is 4.56. The maximum atomic E-state index is 11.7. The lowest BCUT2D eigenvalue weighted by Gasteiger charge is -2.14. The summed E-state index contributed by atoms with van der Waals surface area (Å²) in [5.74, 6) is -1.44. The maximum absolute atomic E-state index is 11.7. The van der Waals surface area contributed by atoms with Gasteiger partial charge in [0.05, 0.1) is 32.0 Å². The van der Waals surface area contributed by atoms with Crippen molar-refractivity contribution in [2.45, 2.75) is 32.4 Å². The van der Waals surface area contributed by atoms with Crippen molar-refractivity contribution in [3.8, 4) is 0 Å². The van der Waals surface area contributed by atoms with Crippen molar-refractivity contribution in [1.82, 2.24) is 0 Å². The van der Waals surface area contributed by atoms with Crippen LogP contribution in [0, 0.1) is 0 Å². The van der Waals surface area contributed by atoms with Gasteiger partial charge in [0.2, 0.25) is 0 Å². The Morgan fingerprint density at radius 2 is 1.42 bits per heavy atom. The van der Waals surface area contributed by atoms with Gasteiger partial charge < -0.3 is 14.2 Å². The Balaban J connectivity index is 4.37. The summed E-state index contributed by atoms with van der Waals surface area (Å²) in [6, 6.07) is 0. The molecule has 0 bridgehead atoms. The van der Waals surface area contributed by atoms with E-state index < -0.39 is 23.2 Å². The summed E-state index contributed by atoms with van der Waals surface area (Å²) in [6.07, 6.45) is -0.114. The molecule has 0 radical (unpaired) electrons. The van der Waals surface area contributed by atoms with E-state index in [1.54, 1.807) is 20.8 Å².